The van der Waals surface area contributed by atoms with E-state index in [-0.39, 0.29) is 0 Å². The van der Waals surface area contributed by atoms with Gasteiger partial charge in [-0.3, -0.25) is 0 Å². The monoisotopic (exact) mass is 121 g/mol. The van der Waals surface area contributed by atoms with E-state index in [0.717, 1.165) is 5.75 Å². The predicted octanol–water partition coefficient (Wildman–Crippen LogP) is 2.63. The highest BCUT2D eigenvalue weighted by Crippen LogP contribution is 2.06. The third-order valence-corrected chi connectivity index (χ3v) is 1.54. The van der Waals surface area contributed by atoms with Gasteiger partial charge in [0, 0.05) is 5.75 Å². The molecule has 0 unspecified atom stereocenters. The molecule has 0 heterocycles. The summed E-state index contributed by atoms with van der Waals surface area (Å²) >= 11 is 4.63. The van der Waals surface area contributed by atoms with E-state index in [1.54, 1.807) is 0 Å². The van der Waals surface area contributed by atoms with E-state index in [9.17, 15) is 0 Å². The largest absolute Gasteiger partial charge is 0.0817 e. The summed E-state index contributed by atoms with van der Waals surface area (Å²) in [5, 5.41) is 0. The molecule has 0 saturated heterocycles. The van der Waals surface area contributed by atoms with Gasteiger partial charge in [0.05, 0.1) is 0 Å². The van der Waals surface area contributed by atoms with Crippen LogP contribution in [0.3, 0.4) is 0 Å². The highest BCUT2D eigenvalue weighted by atomic mass is 33.1. The minimum atomic E-state index is 1.14. The molecule has 0 aliphatic rings. The van der Waals surface area contributed by atoms with E-state index < -0.39 is 0 Å². The fourth-order valence-electron chi connectivity index (χ4n) is 0.203. The van der Waals surface area contributed by atoms with Crippen molar-refractivity contribution in [1.29, 1.82) is 0 Å². The van der Waals surface area contributed by atoms with E-state index in [2.05, 4.69) is 18.6 Å². The molecule has 0 aromatic heterocycles. The first-order chi connectivity index (χ1) is 2.91. The molecule has 0 spiro atoms. The van der Waals surface area contributed by atoms with Crippen LogP contribution in [0.15, 0.2) is 0 Å². The lowest BCUT2D eigenvalue weighted by Gasteiger charge is -1.84. The molecule has 6 heavy (non-hydrogen) atoms. The first-order valence-electron chi connectivity index (χ1n) is 2.16. The fourth-order valence-corrected chi connectivity index (χ4v) is 0.963. The van der Waals surface area contributed by atoms with Crippen LogP contribution >= 0.6 is 22.5 Å². The lowest BCUT2D eigenvalue weighted by molar-refractivity contribution is 0.898. The van der Waals surface area contributed by atoms with Crippen molar-refractivity contribution in [3.8, 4) is 0 Å². The molecule has 2 heteroatoms. The first-order valence-corrected chi connectivity index (χ1v) is 4.07. The summed E-state index contributed by atoms with van der Waals surface area (Å²) in [6, 6.07) is 0. The van der Waals surface area contributed by atoms with Crippen molar-refractivity contribution in [1.82, 2.24) is 0 Å². The van der Waals surface area contributed by atoms with Gasteiger partial charge >= 0.3 is 0 Å². The van der Waals surface area contributed by atoms with E-state index in [0.29, 0.717) is 0 Å². The maximum absolute atomic E-state index is 4.63. The minimum Gasteiger partial charge on any atom is -0.0817 e. The van der Waals surface area contributed by atoms with Crippen molar-refractivity contribution in [3.63, 3.8) is 0 Å². The highest BCUT2D eigenvalue weighted by Gasteiger charge is 1.77. The molecule has 0 rings (SSSR count). The average molecular weight is 121 g/mol. The predicted molar refractivity (Wildman–Crippen MR) is 35.0 cm³/mol. The number of unbranched alkanes of at least 4 members (excludes halogenated alkanes) is 1. The molecule has 0 atom stereocenters. The SMILES string of the molecule is CCCCS[S]. The van der Waals surface area contributed by atoms with Crippen molar-refractivity contribution in [2.75, 3.05) is 5.75 Å². The molecule has 0 bridgehead atoms. The Morgan fingerprint density at radius 3 is 2.50 bits per heavy atom. The summed E-state index contributed by atoms with van der Waals surface area (Å²) in [5.74, 6) is 1.14. The van der Waals surface area contributed by atoms with Gasteiger partial charge in [-0.25, -0.2) is 0 Å². The van der Waals surface area contributed by atoms with Crippen molar-refractivity contribution in [3.05, 3.63) is 0 Å². The van der Waals surface area contributed by atoms with Crippen molar-refractivity contribution in [2.24, 2.45) is 0 Å². The Hall–Kier alpha value is 0.700. The maximum atomic E-state index is 4.63. The zero-order chi connectivity index (χ0) is 4.83. The molecule has 0 aliphatic carbocycles. The van der Waals surface area contributed by atoms with E-state index in [4.69, 9.17) is 0 Å². The summed E-state index contributed by atoms with van der Waals surface area (Å²) in [4.78, 5) is 0. The molecular weight excluding hydrogens is 112 g/mol. The van der Waals surface area contributed by atoms with Gasteiger partial charge in [-0.1, -0.05) is 24.1 Å². The Balaban J connectivity index is 2.34. The van der Waals surface area contributed by atoms with Crippen LogP contribution in [0.4, 0.5) is 0 Å². The van der Waals surface area contributed by atoms with Crippen LogP contribution in [0.2, 0.25) is 0 Å². The fraction of sp³-hybridized carbons (Fsp3) is 1.00. The van der Waals surface area contributed by atoms with Crippen LogP contribution in [0.1, 0.15) is 19.8 Å². The Bertz CT molecular complexity index is 17.5. The van der Waals surface area contributed by atoms with E-state index >= 15 is 0 Å². The zero-order valence-corrected chi connectivity index (χ0v) is 5.57. The summed E-state index contributed by atoms with van der Waals surface area (Å²) in [5.41, 5.74) is 0. The summed E-state index contributed by atoms with van der Waals surface area (Å²) in [7, 11) is 1.51. The van der Waals surface area contributed by atoms with E-state index in [1.165, 1.54) is 23.6 Å². The van der Waals surface area contributed by atoms with Gasteiger partial charge in [-0.05, 0) is 18.1 Å². The number of rotatable bonds is 3. The lowest BCUT2D eigenvalue weighted by atomic mass is 10.4. The third kappa shape index (κ3) is 4.70. The molecule has 1 radical (unpaired) electrons. The smallest absolute Gasteiger partial charge is 0.00453 e. The summed E-state index contributed by atoms with van der Waals surface area (Å²) in [6.45, 7) is 2.17. The van der Waals surface area contributed by atoms with Gasteiger partial charge in [0.15, 0.2) is 0 Å². The topological polar surface area (TPSA) is 0 Å². The van der Waals surface area contributed by atoms with Crippen LogP contribution in [0.5, 0.6) is 0 Å². The van der Waals surface area contributed by atoms with Gasteiger partial charge in [0.2, 0.25) is 0 Å². The van der Waals surface area contributed by atoms with Gasteiger partial charge in [0.1, 0.15) is 0 Å². The zero-order valence-electron chi connectivity index (χ0n) is 3.94. The van der Waals surface area contributed by atoms with Gasteiger partial charge < -0.3 is 0 Å². The molecule has 0 aliphatic heterocycles. The molecule has 0 aromatic carbocycles. The highest BCUT2D eigenvalue weighted by molar-refractivity contribution is 8.68. The number of hydrogen-bond acceptors (Lipinski definition) is 1. The lowest BCUT2D eigenvalue weighted by Crippen LogP contribution is -1.68. The second-order valence-corrected chi connectivity index (χ2v) is 2.53. The average Bonchev–Trinajstić information content (AvgIpc) is 1.61. The van der Waals surface area contributed by atoms with Crippen LogP contribution in [-0.4, -0.2) is 5.75 Å². The van der Waals surface area contributed by atoms with Gasteiger partial charge in [-0.2, -0.15) is 0 Å². The van der Waals surface area contributed by atoms with Gasteiger partial charge in [0.25, 0.3) is 0 Å². The first kappa shape index (κ1) is 6.70. The van der Waals surface area contributed by atoms with Crippen molar-refractivity contribution in [2.45, 2.75) is 19.8 Å². The molecule has 0 amide bonds. The van der Waals surface area contributed by atoms with Crippen LogP contribution in [0, 0.1) is 0 Å². The second kappa shape index (κ2) is 5.70. The van der Waals surface area contributed by atoms with Crippen LogP contribution < -0.4 is 0 Å². The van der Waals surface area contributed by atoms with Crippen LogP contribution in [0.25, 0.3) is 0 Å². The molecule has 0 nitrogen and oxygen atoms in total. The maximum Gasteiger partial charge on any atom is 0.00453 e. The normalized spacial score (nSPS) is 9.00. The molecule has 0 fully saturated rings. The second-order valence-electron chi connectivity index (χ2n) is 1.18. The van der Waals surface area contributed by atoms with E-state index in [1.807, 2.05) is 0 Å². The molecule has 0 saturated carbocycles. The Labute approximate surface area is 48.5 Å². The molecular formula is C4H9S2. The summed E-state index contributed by atoms with van der Waals surface area (Å²) in [6.07, 6.45) is 2.54. The van der Waals surface area contributed by atoms with Crippen LogP contribution in [-0.2, 0) is 0 Å². The Kier molecular flexibility index (Phi) is 6.36. The molecule has 0 N–H and O–H groups in total. The molecule has 37 valence electrons. The van der Waals surface area contributed by atoms with Crippen molar-refractivity contribution >= 4 is 22.5 Å². The minimum absolute atomic E-state index is 1.14. The number of hydrogen-bond donors (Lipinski definition) is 0. The third-order valence-electron chi connectivity index (χ3n) is 0.581. The van der Waals surface area contributed by atoms with Gasteiger partial charge in [-0.15, -0.1) is 0 Å². The molecule has 0 aromatic rings. The van der Waals surface area contributed by atoms with Crippen molar-refractivity contribution < 1.29 is 0 Å². The Morgan fingerprint density at radius 2 is 2.33 bits per heavy atom. The quantitative estimate of drug-likeness (QED) is 0.408. The standard InChI is InChI=1S/C4H9S2/c1-2-3-4-6-5/h2-4H2,1H3. The Morgan fingerprint density at radius 1 is 1.67 bits per heavy atom. The summed E-state index contributed by atoms with van der Waals surface area (Å²) < 4.78 is 0.